The van der Waals surface area contributed by atoms with E-state index in [0.717, 1.165) is 50.4 Å². The average Bonchev–Trinajstić information content (AvgIpc) is 3.55. The second kappa shape index (κ2) is 12.3. The number of fused-ring (bicyclic) bond motifs is 2. The van der Waals surface area contributed by atoms with E-state index < -0.39 is 5.97 Å². The van der Waals surface area contributed by atoms with Crippen molar-refractivity contribution >= 4 is 28.0 Å². The molecule has 0 spiro atoms. The molecule has 4 aromatic carbocycles. The normalized spacial score (nSPS) is 10.6. The summed E-state index contributed by atoms with van der Waals surface area (Å²) in [6.07, 6.45) is 0. The Morgan fingerprint density at radius 2 is 1.17 bits per heavy atom. The average molecular weight is 728 g/mol. The van der Waals surface area contributed by atoms with E-state index in [1.165, 1.54) is 6.07 Å². The van der Waals surface area contributed by atoms with E-state index in [0.29, 0.717) is 5.69 Å². The van der Waals surface area contributed by atoms with Crippen LogP contribution in [0.15, 0.2) is 109 Å². The van der Waals surface area contributed by atoms with Gasteiger partial charge in [0.25, 0.3) is 0 Å². The summed E-state index contributed by atoms with van der Waals surface area (Å²) >= 11 is 0. The maximum absolute atomic E-state index is 10.7. The first kappa shape index (κ1) is 28.6. The third kappa shape index (κ3) is 5.63. The third-order valence-corrected chi connectivity index (χ3v) is 6.80. The van der Waals surface area contributed by atoms with Gasteiger partial charge in [-0.1, -0.05) is 47.5 Å². The molecule has 209 valence electrons. The molecule has 8 heteroatoms. The molecule has 7 nitrogen and oxygen atoms in total. The molecule has 7 rings (SSSR count). The number of carbonyl (C=O) groups is 1. The molecule has 1 N–H and O–H groups in total. The van der Waals surface area contributed by atoms with Gasteiger partial charge in [-0.05, 0) is 36.0 Å². The number of nitrogens with zero attached hydrogens (tertiary/aromatic N) is 5. The van der Waals surface area contributed by atoms with Crippen molar-refractivity contribution in [3.63, 3.8) is 0 Å². The van der Waals surface area contributed by atoms with Crippen LogP contribution in [0.3, 0.4) is 0 Å². The van der Waals surface area contributed by atoms with Crippen molar-refractivity contribution in [2.24, 2.45) is 14.1 Å². The fraction of sp³-hybridized carbons (Fsp3) is 0.0588. The van der Waals surface area contributed by atoms with Gasteiger partial charge in [0.05, 0.1) is 33.7 Å². The fourth-order valence-corrected chi connectivity index (χ4v) is 4.76. The van der Waals surface area contributed by atoms with Crippen LogP contribution in [0.4, 0.5) is 0 Å². The topological polar surface area (TPSA) is 85.8 Å². The molecule has 3 heterocycles. The number of aryl methyl sites for hydroxylation is 2. The number of rotatable bonds is 4. The summed E-state index contributed by atoms with van der Waals surface area (Å²) in [7, 11) is 4.08. The van der Waals surface area contributed by atoms with Gasteiger partial charge in [-0.2, -0.15) is 0 Å². The van der Waals surface area contributed by atoms with Gasteiger partial charge in [0.1, 0.15) is 5.69 Å². The predicted octanol–water partition coefficient (Wildman–Crippen LogP) is 6.84. The van der Waals surface area contributed by atoms with Crippen LogP contribution in [0.1, 0.15) is 10.5 Å². The summed E-state index contributed by atoms with van der Waals surface area (Å²) in [6, 6.07) is 41.2. The zero-order valence-electron chi connectivity index (χ0n) is 22.8. The van der Waals surface area contributed by atoms with Gasteiger partial charge in [-0.3, -0.25) is 15.0 Å². The van der Waals surface area contributed by atoms with E-state index in [9.17, 15) is 4.79 Å². The minimum Gasteiger partial charge on any atom is -0.477 e. The molecule has 0 aliphatic carbocycles. The van der Waals surface area contributed by atoms with E-state index in [1.807, 2.05) is 86.9 Å². The standard InChI is InChI=1S/C22H17N4.C12H8NO2.Ir/c1-25-19-12-5-3-10-17(19)23-21(25)15-8-7-9-16(14-15)22-24-18-11-4-6-13-20(18)26(22)2;14-12(15)11-8-4-7-10(13-11)9-5-2-1-3-6-9;/h3-13H,1-2H3;1-5,7-8H,(H,14,15);/q2*-1;. The zero-order valence-corrected chi connectivity index (χ0v) is 25.2. The number of benzene rings is 4. The van der Waals surface area contributed by atoms with Crippen LogP contribution in [-0.2, 0) is 34.2 Å². The second-order valence-electron chi connectivity index (χ2n) is 9.43. The van der Waals surface area contributed by atoms with Gasteiger partial charge in [-0.25, -0.2) is 4.79 Å². The van der Waals surface area contributed by atoms with Crippen molar-refractivity contribution in [1.29, 1.82) is 0 Å². The monoisotopic (exact) mass is 728 g/mol. The Kier molecular flexibility index (Phi) is 8.38. The van der Waals surface area contributed by atoms with Crippen molar-refractivity contribution < 1.29 is 30.0 Å². The van der Waals surface area contributed by atoms with Crippen LogP contribution >= 0.6 is 0 Å². The van der Waals surface area contributed by atoms with Crippen molar-refractivity contribution in [1.82, 2.24) is 24.1 Å². The van der Waals surface area contributed by atoms with Gasteiger partial charge >= 0.3 is 5.97 Å². The Bertz CT molecular complexity index is 1920. The molecule has 0 aliphatic heterocycles. The van der Waals surface area contributed by atoms with Gasteiger partial charge in [-0.15, -0.1) is 60.2 Å². The molecule has 7 aromatic rings. The summed E-state index contributed by atoms with van der Waals surface area (Å²) in [4.78, 5) is 24.3. The van der Waals surface area contributed by atoms with Crippen molar-refractivity contribution in [3.05, 3.63) is 127 Å². The van der Waals surface area contributed by atoms with Gasteiger partial charge < -0.3 is 14.2 Å². The van der Waals surface area contributed by atoms with Gasteiger partial charge in [0.2, 0.25) is 0 Å². The first-order valence-corrected chi connectivity index (χ1v) is 13.0. The minimum atomic E-state index is -1.02. The Balaban J connectivity index is 0.000000189. The van der Waals surface area contributed by atoms with Crippen molar-refractivity contribution in [3.8, 4) is 34.0 Å². The van der Waals surface area contributed by atoms with E-state index in [4.69, 9.17) is 15.1 Å². The first-order valence-electron chi connectivity index (χ1n) is 13.0. The number of imidazole rings is 2. The quantitative estimate of drug-likeness (QED) is 0.201. The van der Waals surface area contributed by atoms with E-state index in [-0.39, 0.29) is 25.8 Å². The molecule has 0 saturated carbocycles. The van der Waals surface area contributed by atoms with Crippen LogP contribution in [0.25, 0.3) is 56.1 Å². The van der Waals surface area contributed by atoms with Crippen LogP contribution in [0, 0.1) is 12.1 Å². The smallest absolute Gasteiger partial charge is 0.353 e. The number of aromatic nitrogens is 5. The maximum atomic E-state index is 10.7. The van der Waals surface area contributed by atoms with Crippen LogP contribution in [-0.4, -0.2) is 35.2 Å². The summed E-state index contributed by atoms with van der Waals surface area (Å²) in [5.41, 5.74) is 7.61. The SMILES string of the molecule is Cn1c(-c2[c-]c(-c3nc4ccccc4n3C)ccc2)nc2ccccc21.O=C(O)c1cccc(-c2[c-]cccc2)n1.[Ir]. The van der Waals surface area contributed by atoms with E-state index in [2.05, 4.69) is 38.4 Å². The molecular formula is C34H25IrN5O2-2. The summed E-state index contributed by atoms with van der Waals surface area (Å²) in [6.45, 7) is 0. The van der Waals surface area contributed by atoms with Crippen LogP contribution in [0.5, 0.6) is 0 Å². The first-order chi connectivity index (χ1) is 20.0. The number of para-hydroxylation sites is 4. The summed E-state index contributed by atoms with van der Waals surface area (Å²) in [5, 5.41) is 8.78. The van der Waals surface area contributed by atoms with Crippen molar-refractivity contribution in [2.45, 2.75) is 0 Å². The molecule has 0 saturated heterocycles. The number of hydrogen-bond donors (Lipinski definition) is 1. The fourth-order valence-electron chi connectivity index (χ4n) is 4.76. The largest absolute Gasteiger partial charge is 0.477 e. The number of aromatic carboxylic acids is 1. The molecule has 0 amide bonds. The molecule has 0 aliphatic rings. The third-order valence-electron chi connectivity index (χ3n) is 6.80. The summed E-state index contributed by atoms with van der Waals surface area (Å²) in [5.74, 6) is 0.798. The molecular weight excluding hydrogens is 703 g/mol. The van der Waals surface area contributed by atoms with Gasteiger partial charge in [0, 0.05) is 34.2 Å². The van der Waals surface area contributed by atoms with E-state index in [1.54, 1.807) is 18.2 Å². The minimum absolute atomic E-state index is 0. The molecule has 0 bridgehead atoms. The van der Waals surface area contributed by atoms with Gasteiger partial charge in [0.15, 0.2) is 0 Å². The predicted molar refractivity (Wildman–Crippen MR) is 160 cm³/mol. The second-order valence-corrected chi connectivity index (χ2v) is 9.43. The Morgan fingerprint density at radius 1 is 0.643 bits per heavy atom. The Morgan fingerprint density at radius 3 is 1.69 bits per heavy atom. The molecule has 1 radical (unpaired) electrons. The summed E-state index contributed by atoms with van der Waals surface area (Å²) < 4.78 is 4.22. The number of carboxylic acids is 1. The Labute approximate surface area is 256 Å². The van der Waals surface area contributed by atoms with E-state index >= 15 is 0 Å². The number of hydrogen-bond acceptors (Lipinski definition) is 4. The molecule has 0 atom stereocenters. The molecule has 42 heavy (non-hydrogen) atoms. The van der Waals surface area contributed by atoms with Crippen LogP contribution < -0.4 is 0 Å². The number of pyridine rings is 1. The zero-order chi connectivity index (χ0) is 28.3. The maximum Gasteiger partial charge on any atom is 0.353 e. The molecule has 0 unspecified atom stereocenters. The number of carboxylic acid groups (broad SMARTS) is 1. The molecule has 0 fully saturated rings. The Hall–Kier alpha value is -4.91. The molecule has 3 aromatic heterocycles. The van der Waals surface area contributed by atoms with Crippen LogP contribution in [0.2, 0.25) is 0 Å². The van der Waals surface area contributed by atoms with Crippen molar-refractivity contribution in [2.75, 3.05) is 0 Å².